The molecule has 0 aliphatic carbocycles. The zero-order chi connectivity index (χ0) is 18.1. The second-order valence-corrected chi connectivity index (χ2v) is 8.72. The van der Waals surface area contributed by atoms with Crippen LogP contribution in [0, 0.1) is 0 Å². The molecule has 2 atom stereocenters. The van der Waals surface area contributed by atoms with E-state index in [0.717, 1.165) is 21.8 Å². The summed E-state index contributed by atoms with van der Waals surface area (Å²) in [5.74, 6) is 0. The predicted octanol–water partition coefficient (Wildman–Crippen LogP) is 1.86. The summed E-state index contributed by atoms with van der Waals surface area (Å²) >= 11 is 0. The second kappa shape index (κ2) is 7.00. The Labute approximate surface area is 152 Å². The van der Waals surface area contributed by atoms with Crippen molar-refractivity contribution in [1.82, 2.24) is 9.29 Å². The van der Waals surface area contributed by atoms with Gasteiger partial charge in [0.15, 0.2) is 0 Å². The lowest BCUT2D eigenvalue weighted by Gasteiger charge is -2.16. The van der Waals surface area contributed by atoms with Crippen molar-refractivity contribution in [2.75, 3.05) is 19.8 Å². The summed E-state index contributed by atoms with van der Waals surface area (Å²) in [5, 5.41) is 12.2. The highest BCUT2D eigenvalue weighted by molar-refractivity contribution is 7.90. The molecule has 2 N–H and O–H groups in total. The number of nitrogens with zero attached hydrogens (tertiary/aromatic N) is 1. The number of ether oxygens (including phenoxy) is 1. The molecule has 138 valence electrons. The number of hydrogen-bond acceptors (Lipinski definition) is 4. The van der Waals surface area contributed by atoms with Gasteiger partial charge in [-0.1, -0.05) is 36.4 Å². The first-order valence-corrected chi connectivity index (χ1v) is 10.3. The van der Waals surface area contributed by atoms with Crippen LogP contribution in [0.4, 0.5) is 0 Å². The number of sulfonamides is 1. The van der Waals surface area contributed by atoms with Gasteiger partial charge in [0.25, 0.3) is 0 Å². The van der Waals surface area contributed by atoms with E-state index in [1.54, 1.807) is 0 Å². The molecule has 4 rings (SSSR count). The van der Waals surface area contributed by atoms with Crippen LogP contribution >= 0.6 is 0 Å². The van der Waals surface area contributed by atoms with Gasteiger partial charge in [-0.15, -0.1) is 0 Å². The highest BCUT2D eigenvalue weighted by atomic mass is 32.2. The molecule has 1 aliphatic rings. The van der Waals surface area contributed by atoms with Crippen molar-refractivity contribution >= 4 is 31.8 Å². The van der Waals surface area contributed by atoms with Gasteiger partial charge in [-0.05, 0) is 18.6 Å². The predicted molar refractivity (Wildman–Crippen MR) is 102 cm³/mol. The van der Waals surface area contributed by atoms with Crippen molar-refractivity contribution in [2.45, 2.75) is 24.3 Å². The highest BCUT2D eigenvalue weighted by Crippen LogP contribution is 2.28. The minimum Gasteiger partial charge on any atom is -0.390 e. The summed E-state index contributed by atoms with van der Waals surface area (Å²) in [6.07, 6.45) is -0.329. The Balaban J connectivity index is 1.55. The van der Waals surface area contributed by atoms with E-state index in [0.29, 0.717) is 19.6 Å². The molecule has 0 spiro atoms. The van der Waals surface area contributed by atoms with Gasteiger partial charge in [-0.25, -0.2) is 13.1 Å². The Morgan fingerprint density at radius 3 is 2.31 bits per heavy atom. The van der Waals surface area contributed by atoms with Gasteiger partial charge in [-0.2, -0.15) is 0 Å². The lowest BCUT2D eigenvalue weighted by Crippen LogP contribution is -2.40. The standard InChI is InChI=1S/C19H22N2O4S/c22-14(11-20-26(23,24)15-9-10-25-13-15)12-21-18-7-3-1-5-16(18)17-6-2-4-8-19(17)21/h1-8,14-15,20,22H,9-13H2. The molecule has 3 aromatic rings. The molecule has 26 heavy (non-hydrogen) atoms. The Morgan fingerprint density at radius 1 is 1.12 bits per heavy atom. The third kappa shape index (κ3) is 3.23. The molecule has 2 unspecified atom stereocenters. The van der Waals surface area contributed by atoms with Crippen molar-refractivity contribution in [3.8, 4) is 0 Å². The van der Waals surface area contributed by atoms with Gasteiger partial charge < -0.3 is 14.4 Å². The Bertz CT molecular complexity index is 969. The van der Waals surface area contributed by atoms with Crippen LogP contribution in [-0.2, 0) is 21.3 Å². The normalized spacial score (nSPS) is 19.3. The van der Waals surface area contributed by atoms with E-state index in [1.807, 2.05) is 41.0 Å². The van der Waals surface area contributed by atoms with E-state index >= 15 is 0 Å². The summed E-state index contributed by atoms with van der Waals surface area (Å²) in [6.45, 7) is 0.991. The van der Waals surface area contributed by atoms with Crippen molar-refractivity contribution in [3.63, 3.8) is 0 Å². The molecule has 7 heteroatoms. The van der Waals surface area contributed by atoms with E-state index in [4.69, 9.17) is 4.74 Å². The second-order valence-electron chi connectivity index (χ2n) is 6.68. The molecular formula is C19H22N2O4S. The Hall–Kier alpha value is -1.93. The molecule has 0 radical (unpaired) electrons. The van der Waals surface area contributed by atoms with E-state index in [2.05, 4.69) is 16.9 Å². The first kappa shape index (κ1) is 17.5. The number of rotatable bonds is 6. The zero-order valence-electron chi connectivity index (χ0n) is 14.3. The molecule has 0 bridgehead atoms. The molecule has 1 aliphatic heterocycles. The number of para-hydroxylation sites is 2. The average molecular weight is 374 g/mol. The third-order valence-electron chi connectivity index (χ3n) is 4.92. The van der Waals surface area contributed by atoms with Gasteiger partial charge in [0.1, 0.15) is 5.25 Å². The van der Waals surface area contributed by atoms with Gasteiger partial charge in [-0.3, -0.25) is 0 Å². The lowest BCUT2D eigenvalue weighted by atomic mass is 10.2. The minimum atomic E-state index is -3.46. The summed E-state index contributed by atoms with van der Waals surface area (Å²) in [4.78, 5) is 0. The quantitative estimate of drug-likeness (QED) is 0.690. The molecule has 2 heterocycles. The van der Waals surface area contributed by atoms with E-state index in [-0.39, 0.29) is 13.2 Å². The minimum absolute atomic E-state index is 0.0142. The van der Waals surface area contributed by atoms with Gasteiger partial charge in [0.2, 0.25) is 10.0 Å². The molecule has 1 fully saturated rings. The first-order chi connectivity index (χ1) is 12.6. The number of aromatic nitrogens is 1. The Morgan fingerprint density at radius 2 is 1.73 bits per heavy atom. The van der Waals surface area contributed by atoms with Crippen molar-refractivity contribution in [1.29, 1.82) is 0 Å². The number of fused-ring (bicyclic) bond motifs is 3. The maximum absolute atomic E-state index is 12.3. The van der Waals surface area contributed by atoms with E-state index in [1.165, 1.54) is 0 Å². The molecule has 0 amide bonds. The van der Waals surface area contributed by atoms with Crippen molar-refractivity contribution in [2.24, 2.45) is 0 Å². The maximum atomic E-state index is 12.3. The Kier molecular flexibility index (Phi) is 4.71. The first-order valence-electron chi connectivity index (χ1n) is 8.76. The molecule has 2 aromatic carbocycles. The van der Waals surface area contributed by atoms with Crippen molar-refractivity contribution in [3.05, 3.63) is 48.5 Å². The van der Waals surface area contributed by atoms with Crippen LogP contribution in [0.3, 0.4) is 0 Å². The number of aliphatic hydroxyl groups excluding tert-OH is 1. The number of benzene rings is 2. The van der Waals surface area contributed by atoms with Crippen LogP contribution in [-0.4, -0.2) is 49.2 Å². The fraction of sp³-hybridized carbons (Fsp3) is 0.368. The van der Waals surface area contributed by atoms with E-state index < -0.39 is 21.4 Å². The lowest BCUT2D eigenvalue weighted by molar-refractivity contribution is 0.160. The van der Waals surface area contributed by atoms with Crippen LogP contribution < -0.4 is 4.72 Å². The monoisotopic (exact) mass is 374 g/mol. The van der Waals surface area contributed by atoms with Gasteiger partial charge in [0, 0.05) is 35.0 Å². The van der Waals surface area contributed by atoms with Gasteiger partial charge >= 0.3 is 0 Å². The highest BCUT2D eigenvalue weighted by Gasteiger charge is 2.29. The molecule has 0 saturated carbocycles. The molecule has 6 nitrogen and oxygen atoms in total. The smallest absolute Gasteiger partial charge is 0.216 e. The summed E-state index contributed by atoms with van der Waals surface area (Å²) in [6, 6.07) is 16.1. The SMILES string of the molecule is O=S(=O)(NCC(O)Cn1c2ccccc2c2ccccc21)C1CCOC1. The third-order valence-corrected chi connectivity index (χ3v) is 6.74. The van der Waals surface area contributed by atoms with Crippen LogP contribution in [0.5, 0.6) is 0 Å². The molecule has 1 aromatic heterocycles. The summed E-state index contributed by atoms with van der Waals surface area (Å²) in [7, 11) is -3.46. The summed E-state index contributed by atoms with van der Waals surface area (Å²) < 4.78 is 34.2. The fourth-order valence-electron chi connectivity index (χ4n) is 3.56. The number of hydrogen-bond donors (Lipinski definition) is 2. The average Bonchev–Trinajstić information content (AvgIpc) is 3.29. The summed E-state index contributed by atoms with van der Waals surface area (Å²) in [5.41, 5.74) is 2.06. The number of nitrogens with one attached hydrogen (secondary N) is 1. The topological polar surface area (TPSA) is 80.6 Å². The van der Waals surface area contributed by atoms with Crippen LogP contribution in [0.1, 0.15) is 6.42 Å². The maximum Gasteiger partial charge on any atom is 0.216 e. The van der Waals surface area contributed by atoms with Gasteiger partial charge in [0.05, 0.1) is 19.3 Å². The molecule has 1 saturated heterocycles. The fourth-order valence-corrected chi connectivity index (χ4v) is 4.91. The van der Waals surface area contributed by atoms with Crippen LogP contribution in [0.25, 0.3) is 21.8 Å². The largest absolute Gasteiger partial charge is 0.390 e. The molecular weight excluding hydrogens is 352 g/mol. The van der Waals surface area contributed by atoms with E-state index in [9.17, 15) is 13.5 Å². The van der Waals surface area contributed by atoms with Crippen LogP contribution in [0.15, 0.2) is 48.5 Å². The zero-order valence-corrected chi connectivity index (χ0v) is 15.2. The van der Waals surface area contributed by atoms with Crippen molar-refractivity contribution < 1.29 is 18.3 Å². The van der Waals surface area contributed by atoms with Crippen LogP contribution in [0.2, 0.25) is 0 Å². The number of aliphatic hydroxyl groups is 1.